The summed E-state index contributed by atoms with van der Waals surface area (Å²) in [5.74, 6) is 1.20. The van der Waals surface area contributed by atoms with Crippen molar-refractivity contribution in [1.82, 2.24) is 19.8 Å². The van der Waals surface area contributed by atoms with Crippen LogP contribution in [-0.2, 0) is 25.9 Å². The number of imidazole rings is 1. The number of carbonyl (C=O) groups is 1. The minimum Gasteiger partial charge on any atom is -0.390 e. The van der Waals surface area contributed by atoms with Crippen LogP contribution in [0.3, 0.4) is 0 Å². The van der Waals surface area contributed by atoms with Crippen molar-refractivity contribution in [3.05, 3.63) is 89.0 Å². The fraction of sp³-hybridized carbons (Fsp3) is 0.385. The minimum absolute atomic E-state index is 0.216. The number of β-amino-alcohol motifs (C(OH)–C–C–N with tert-alkyl or cyclic N) is 1. The summed E-state index contributed by atoms with van der Waals surface area (Å²) in [5.41, 5.74) is 4.49. The smallest absolute Gasteiger partial charge is 0.271 e. The highest BCUT2D eigenvalue weighted by Gasteiger charge is 2.24. The highest BCUT2D eigenvalue weighted by atomic mass is 16.3. The maximum Gasteiger partial charge on any atom is 0.271 e. The topological polar surface area (TPSA) is 70.4 Å². The molecule has 2 N–H and O–H groups in total. The molecule has 2 atom stereocenters. The molecular formula is C26H30N4O2. The molecule has 0 fully saturated rings. The molecule has 0 spiro atoms. The van der Waals surface area contributed by atoms with Gasteiger partial charge in [0.25, 0.3) is 5.91 Å². The van der Waals surface area contributed by atoms with E-state index in [0.29, 0.717) is 18.2 Å². The third-order valence-electron chi connectivity index (χ3n) is 6.67. The summed E-state index contributed by atoms with van der Waals surface area (Å²) < 4.78 is 2.11. The van der Waals surface area contributed by atoms with Gasteiger partial charge in [-0.25, -0.2) is 4.98 Å². The van der Waals surface area contributed by atoms with Gasteiger partial charge >= 0.3 is 0 Å². The van der Waals surface area contributed by atoms with Crippen LogP contribution in [0.15, 0.2) is 60.8 Å². The van der Waals surface area contributed by atoms with Gasteiger partial charge in [-0.3, -0.25) is 9.69 Å². The second-order valence-electron chi connectivity index (χ2n) is 8.96. The first-order valence-electron chi connectivity index (χ1n) is 11.5. The number of hydrogen-bond donors (Lipinski definition) is 2. The number of aryl methyl sites for hydroxylation is 1. The molecule has 166 valence electrons. The zero-order chi connectivity index (χ0) is 21.9. The van der Waals surface area contributed by atoms with Crippen LogP contribution < -0.4 is 5.32 Å². The first-order valence-corrected chi connectivity index (χ1v) is 11.5. The molecule has 0 aliphatic carbocycles. The van der Waals surface area contributed by atoms with Gasteiger partial charge in [0.1, 0.15) is 11.5 Å². The van der Waals surface area contributed by atoms with E-state index in [2.05, 4.69) is 68.3 Å². The minimum atomic E-state index is -0.607. The molecule has 1 aromatic heterocycles. The molecule has 2 aliphatic rings. The molecule has 5 rings (SSSR count). The maximum atomic E-state index is 12.7. The molecule has 1 amide bonds. The van der Waals surface area contributed by atoms with Crippen molar-refractivity contribution < 1.29 is 9.90 Å². The first-order chi connectivity index (χ1) is 15.7. The predicted octanol–water partition coefficient (Wildman–Crippen LogP) is 2.76. The molecule has 32 heavy (non-hydrogen) atoms. The van der Waals surface area contributed by atoms with Gasteiger partial charge < -0.3 is 15.0 Å². The summed E-state index contributed by atoms with van der Waals surface area (Å²) in [4.78, 5) is 19.5. The van der Waals surface area contributed by atoms with Crippen LogP contribution in [0, 0.1) is 0 Å². The summed E-state index contributed by atoms with van der Waals surface area (Å²) in [6.07, 6.45) is 4.16. The number of aliphatic hydroxyl groups excluding tert-OH is 1. The van der Waals surface area contributed by atoms with E-state index < -0.39 is 6.10 Å². The van der Waals surface area contributed by atoms with E-state index in [1.807, 2.05) is 12.3 Å². The number of aliphatic hydroxyl groups is 1. The molecule has 2 aromatic carbocycles. The Kier molecular flexibility index (Phi) is 6.06. The van der Waals surface area contributed by atoms with Gasteiger partial charge in [0, 0.05) is 51.3 Å². The van der Waals surface area contributed by atoms with Gasteiger partial charge in [-0.1, -0.05) is 54.6 Å². The molecule has 2 unspecified atom stereocenters. The number of rotatable bonds is 6. The Labute approximate surface area is 188 Å². The standard InChI is InChI=1S/C26H30N4O2/c31-23(17-29-13-12-20-8-4-5-9-21(20)15-29)14-27-26(32)24-18-30-16-22(10-11-25(30)28-24)19-6-2-1-3-7-19/h1-9,18,22-23,31H,10-17H2,(H,27,32). The normalized spacial score (nSPS) is 19.1. The number of nitrogens with one attached hydrogen (secondary N) is 1. The molecule has 3 aromatic rings. The molecule has 2 aliphatic heterocycles. The average Bonchev–Trinajstić information content (AvgIpc) is 3.27. The van der Waals surface area contributed by atoms with Crippen molar-refractivity contribution in [3.8, 4) is 0 Å². The number of carbonyl (C=O) groups excluding carboxylic acids is 1. The van der Waals surface area contributed by atoms with E-state index in [0.717, 1.165) is 44.7 Å². The van der Waals surface area contributed by atoms with Gasteiger partial charge in [0.2, 0.25) is 0 Å². The molecule has 3 heterocycles. The lowest BCUT2D eigenvalue weighted by Gasteiger charge is -2.30. The fourth-order valence-electron chi connectivity index (χ4n) is 4.92. The first kappa shape index (κ1) is 20.9. The Morgan fingerprint density at radius 1 is 1.09 bits per heavy atom. The third-order valence-corrected chi connectivity index (χ3v) is 6.67. The summed E-state index contributed by atoms with van der Waals surface area (Å²) in [6, 6.07) is 19.0. The second kappa shape index (κ2) is 9.27. The molecule has 6 heteroatoms. The van der Waals surface area contributed by atoms with Crippen LogP contribution >= 0.6 is 0 Å². The van der Waals surface area contributed by atoms with Crippen LogP contribution in [0.4, 0.5) is 0 Å². The maximum absolute atomic E-state index is 12.7. The van der Waals surface area contributed by atoms with Crippen molar-refractivity contribution in [3.63, 3.8) is 0 Å². The molecule has 6 nitrogen and oxygen atoms in total. The zero-order valence-electron chi connectivity index (χ0n) is 18.3. The second-order valence-corrected chi connectivity index (χ2v) is 8.96. The zero-order valence-corrected chi connectivity index (χ0v) is 18.3. The van der Waals surface area contributed by atoms with Crippen molar-refractivity contribution in [2.24, 2.45) is 0 Å². The number of fused-ring (bicyclic) bond motifs is 2. The Bertz CT molecular complexity index is 1080. The molecular weight excluding hydrogens is 400 g/mol. The number of hydrogen-bond acceptors (Lipinski definition) is 4. The van der Waals surface area contributed by atoms with Crippen LogP contribution in [0.2, 0.25) is 0 Å². The Morgan fingerprint density at radius 2 is 1.88 bits per heavy atom. The number of amides is 1. The van der Waals surface area contributed by atoms with E-state index in [1.54, 1.807) is 0 Å². The SMILES string of the molecule is O=C(NCC(O)CN1CCc2ccccc2C1)c1cn2c(n1)CCC(c1ccccc1)C2. The van der Waals surface area contributed by atoms with E-state index in [4.69, 9.17) is 0 Å². The van der Waals surface area contributed by atoms with Gasteiger partial charge in [0.05, 0.1) is 6.10 Å². The van der Waals surface area contributed by atoms with Gasteiger partial charge in [0.15, 0.2) is 0 Å². The molecule has 0 radical (unpaired) electrons. The Morgan fingerprint density at radius 3 is 2.72 bits per heavy atom. The van der Waals surface area contributed by atoms with Gasteiger partial charge in [-0.05, 0) is 29.5 Å². The summed E-state index contributed by atoms with van der Waals surface area (Å²) in [7, 11) is 0. The molecule has 0 saturated carbocycles. The third kappa shape index (κ3) is 4.61. The van der Waals surface area contributed by atoms with E-state index in [-0.39, 0.29) is 12.5 Å². The predicted molar refractivity (Wildman–Crippen MR) is 123 cm³/mol. The van der Waals surface area contributed by atoms with Crippen LogP contribution in [-0.4, -0.2) is 51.2 Å². The van der Waals surface area contributed by atoms with Crippen molar-refractivity contribution >= 4 is 5.91 Å². The summed E-state index contributed by atoms with van der Waals surface area (Å²) in [5, 5.41) is 13.4. The molecule has 0 saturated heterocycles. The van der Waals surface area contributed by atoms with Crippen LogP contribution in [0.25, 0.3) is 0 Å². The van der Waals surface area contributed by atoms with Crippen LogP contribution in [0.5, 0.6) is 0 Å². The van der Waals surface area contributed by atoms with Crippen molar-refractivity contribution in [2.45, 2.75) is 44.4 Å². The van der Waals surface area contributed by atoms with E-state index in [9.17, 15) is 9.90 Å². The largest absolute Gasteiger partial charge is 0.390 e. The van der Waals surface area contributed by atoms with Gasteiger partial charge in [-0.2, -0.15) is 0 Å². The highest BCUT2D eigenvalue weighted by Crippen LogP contribution is 2.28. The number of benzene rings is 2. The lowest BCUT2D eigenvalue weighted by Crippen LogP contribution is -2.42. The summed E-state index contributed by atoms with van der Waals surface area (Å²) >= 11 is 0. The quantitative estimate of drug-likeness (QED) is 0.631. The monoisotopic (exact) mass is 430 g/mol. The highest BCUT2D eigenvalue weighted by molar-refractivity contribution is 5.92. The number of nitrogens with zero attached hydrogens (tertiary/aromatic N) is 3. The summed E-state index contributed by atoms with van der Waals surface area (Å²) in [6.45, 7) is 3.40. The fourth-order valence-corrected chi connectivity index (χ4v) is 4.92. The van der Waals surface area contributed by atoms with Gasteiger partial charge in [-0.15, -0.1) is 0 Å². The van der Waals surface area contributed by atoms with Crippen LogP contribution in [0.1, 0.15) is 45.3 Å². The lowest BCUT2D eigenvalue weighted by molar-refractivity contribution is 0.0838. The lowest BCUT2D eigenvalue weighted by atomic mass is 9.92. The Balaban J connectivity index is 1.13. The number of aromatic nitrogens is 2. The molecule has 0 bridgehead atoms. The Hall–Kier alpha value is -2.96. The van der Waals surface area contributed by atoms with E-state index >= 15 is 0 Å². The van der Waals surface area contributed by atoms with E-state index in [1.165, 1.54) is 16.7 Å². The average molecular weight is 431 g/mol. The van der Waals surface area contributed by atoms with Crippen molar-refractivity contribution in [1.29, 1.82) is 0 Å². The van der Waals surface area contributed by atoms with Crippen molar-refractivity contribution in [2.75, 3.05) is 19.6 Å².